The minimum absolute atomic E-state index is 0.149. The molecule has 160 valence electrons. The molecule has 0 aliphatic carbocycles. The first-order valence-corrected chi connectivity index (χ1v) is 9.73. The minimum Gasteiger partial charge on any atom is -0.497 e. The second-order valence-electron chi connectivity index (χ2n) is 6.95. The van der Waals surface area contributed by atoms with E-state index in [0.717, 1.165) is 11.3 Å². The van der Waals surface area contributed by atoms with E-state index in [1.807, 2.05) is 36.4 Å². The zero-order chi connectivity index (χ0) is 22.0. The first-order chi connectivity index (χ1) is 15.1. The molecular weight excluding hydrogens is 396 g/mol. The van der Waals surface area contributed by atoms with Crippen LogP contribution in [0.25, 0.3) is 0 Å². The summed E-state index contributed by atoms with van der Waals surface area (Å²) in [6, 6.07) is 18.4. The molecule has 0 aromatic heterocycles. The van der Waals surface area contributed by atoms with Crippen LogP contribution < -0.4 is 29.2 Å². The van der Waals surface area contributed by atoms with Crippen LogP contribution in [-0.2, 0) is 0 Å². The number of fused-ring (bicyclic) bond motifs is 1. The highest BCUT2D eigenvalue weighted by Crippen LogP contribution is 2.42. The smallest absolute Gasteiger partial charge is 0.262 e. The lowest BCUT2D eigenvalue weighted by atomic mass is 10.0. The predicted octanol–water partition coefficient (Wildman–Crippen LogP) is 4.49. The van der Waals surface area contributed by atoms with Gasteiger partial charge in [-0.2, -0.15) is 0 Å². The Morgan fingerprint density at radius 3 is 2.10 bits per heavy atom. The third-order valence-corrected chi connectivity index (χ3v) is 5.26. The van der Waals surface area contributed by atoms with E-state index in [4.69, 9.17) is 18.9 Å². The molecular formula is C24H24N2O5. The number of carbonyl (C=O) groups is 1. The van der Waals surface area contributed by atoms with Crippen LogP contribution in [0.15, 0.2) is 60.7 Å². The van der Waals surface area contributed by atoms with Crippen LogP contribution >= 0.6 is 0 Å². The SMILES string of the molecule is COc1cc(OC)cc(C2Nc3ccccc3C(=O)N2c2ccc(OC)cc2OC)c1. The number of rotatable bonds is 6. The summed E-state index contributed by atoms with van der Waals surface area (Å²) < 4.78 is 21.8. The van der Waals surface area contributed by atoms with E-state index in [1.54, 1.807) is 57.6 Å². The number of amides is 1. The van der Waals surface area contributed by atoms with Gasteiger partial charge in [0.15, 0.2) is 0 Å². The second kappa shape index (κ2) is 8.47. The molecule has 1 atom stereocenters. The third kappa shape index (κ3) is 3.70. The maximum atomic E-state index is 13.7. The lowest BCUT2D eigenvalue weighted by Crippen LogP contribution is -2.43. The normalized spacial score (nSPS) is 15.0. The number of anilines is 2. The van der Waals surface area contributed by atoms with Crippen molar-refractivity contribution in [1.82, 2.24) is 0 Å². The minimum atomic E-state index is -0.520. The molecule has 1 aliphatic heterocycles. The lowest BCUT2D eigenvalue weighted by molar-refractivity contribution is 0.0974. The van der Waals surface area contributed by atoms with Crippen LogP contribution in [0.4, 0.5) is 11.4 Å². The Labute approximate surface area is 181 Å². The van der Waals surface area contributed by atoms with Crippen molar-refractivity contribution in [2.24, 2.45) is 0 Å². The van der Waals surface area contributed by atoms with Gasteiger partial charge in [0.25, 0.3) is 5.91 Å². The Morgan fingerprint density at radius 2 is 1.45 bits per heavy atom. The van der Waals surface area contributed by atoms with Crippen molar-refractivity contribution in [3.8, 4) is 23.0 Å². The molecule has 0 fully saturated rings. The average Bonchev–Trinajstić information content (AvgIpc) is 2.83. The van der Waals surface area contributed by atoms with E-state index in [9.17, 15) is 4.79 Å². The molecule has 0 spiro atoms. The maximum Gasteiger partial charge on any atom is 0.262 e. The fourth-order valence-corrected chi connectivity index (χ4v) is 3.71. The highest BCUT2D eigenvalue weighted by atomic mass is 16.5. The fourth-order valence-electron chi connectivity index (χ4n) is 3.71. The van der Waals surface area contributed by atoms with Gasteiger partial charge < -0.3 is 24.3 Å². The number of para-hydroxylation sites is 1. The van der Waals surface area contributed by atoms with Crippen molar-refractivity contribution in [2.75, 3.05) is 38.7 Å². The second-order valence-corrected chi connectivity index (χ2v) is 6.95. The van der Waals surface area contributed by atoms with Gasteiger partial charge in [-0.05, 0) is 36.4 Å². The fraction of sp³-hybridized carbons (Fsp3) is 0.208. The van der Waals surface area contributed by atoms with E-state index in [0.29, 0.717) is 34.2 Å². The Kier molecular flexibility index (Phi) is 5.58. The van der Waals surface area contributed by atoms with Crippen molar-refractivity contribution in [3.05, 3.63) is 71.8 Å². The molecule has 0 saturated heterocycles. The van der Waals surface area contributed by atoms with Gasteiger partial charge in [-0.15, -0.1) is 0 Å². The van der Waals surface area contributed by atoms with Crippen LogP contribution in [0.3, 0.4) is 0 Å². The molecule has 1 aliphatic rings. The zero-order valence-corrected chi connectivity index (χ0v) is 17.8. The number of methoxy groups -OCH3 is 4. The summed E-state index contributed by atoms with van der Waals surface area (Å²) in [7, 11) is 6.34. The standard InChI is InChI=1S/C24H24N2O5/c1-28-16-9-10-21(22(14-16)31-4)26-23(15-11-17(29-2)13-18(12-15)30-3)25-20-8-6-5-7-19(20)24(26)27/h5-14,23,25H,1-4H3. The van der Waals surface area contributed by atoms with Crippen molar-refractivity contribution in [2.45, 2.75) is 6.17 Å². The third-order valence-electron chi connectivity index (χ3n) is 5.26. The van der Waals surface area contributed by atoms with Crippen LogP contribution in [0.5, 0.6) is 23.0 Å². The van der Waals surface area contributed by atoms with Gasteiger partial charge in [-0.25, -0.2) is 0 Å². The van der Waals surface area contributed by atoms with Crippen molar-refractivity contribution >= 4 is 17.3 Å². The quantitative estimate of drug-likeness (QED) is 0.634. The largest absolute Gasteiger partial charge is 0.497 e. The van der Waals surface area contributed by atoms with E-state index in [-0.39, 0.29) is 5.91 Å². The molecule has 1 amide bonds. The molecule has 1 heterocycles. The summed E-state index contributed by atoms with van der Waals surface area (Å²) in [6.07, 6.45) is -0.520. The van der Waals surface area contributed by atoms with Crippen LogP contribution in [-0.4, -0.2) is 34.3 Å². The molecule has 31 heavy (non-hydrogen) atoms. The van der Waals surface area contributed by atoms with Gasteiger partial charge in [-0.3, -0.25) is 9.69 Å². The van der Waals surface area contributed by atoms with Gasteiger partial charge >= 0.3 is 0 Å². The Bertz CT molecular complexity index is 1090. The number of hydrogen-bond donors (Lipinski definition) is 1. The van der Waals surface area contributed by atoms with Crippen LogP contribution in [0, 0.1) is 0 Å². The number of nitrogens with one attached hydrogen (secondary N) is 1. The molecule has 7 nitrogen and oxygen atoms in total. The van der Waals surface area contributed by atoms with Crippen LogP contribution in [0.2, 0.25) is 0 Å². The van der Waals surface area contributed by atoms with Crippen molar-refractivity contribution in [1.29, 1.82) is 0 Å². The Hall–Kier alpha value is -3.87. The van der Waals surface area contributed by atoms with Gasteiger partial charge in [0.2, 0.25) is 0 Å². The number of ether oxygens (including phenoxy) is 4. The maximum absolute atomic E-state index is 13.7. The van der Waals surface area contributed by atoms with E-state index in [2.05, 4.69) is 5.32 Å². The number of hydrogen-bond acceptors (Lipinski definition) is 6. The molecule has 1 N–H and O–H groups in total. The summed E-state index contributed by atoms with van der Waals surface area (Å²) in [5.41, 5.74) is 2.74. The highest BCUT2D eigenvalue weighted by Gasteiger charge is 2.36. The topological polar surface area (TPSA) is 69.3 Å². The lowest BCUT2D eigenvalue weighted by Gasteiger charge is -2.38. The molecule has 0 saturated carbocycles. The van der Waals surface area contributed by atoms with E-state index >= 15 is 0 Å². The molecule has 7 heteroatoms. The Balaban J connectivity index is 1.91. The zero-order valence-electron chi connectivity index (χ0n) is 17.8. The summed E-state index contributed by atoms with van der Waals surface area (Å²) in [4.78, 5) is 15.3. The average molecular weight is 420 g/mol. The molecule has 3 aromatic carbocycles. The van der Waals surface area contributed by atoms with Gasteiger partial charge in [0, 0.05) is 23.4 Å². The monoisotopic (exact) mass is 420 g/mol. The summed E-state index contributed by atoms with van der Waals surface area (Å²) in [5, 5.41) is 3.48. The number of carbonyl (C=O) groups excluding carboxylic acids is 1. The Morgan fingerprint density at radius 1 is 0.774 bits per heavy atom. The number of benzene rings is 3. The molecule has 0 bridgehead atoms. The predicted molar refractivity (Wildman–Crippen MR) is 119 cm³/mol. The highest BCUT2D eigenvalue weighted by molar-refractivity contribution is 6.12. The van der Waals surface area contributed by atoms with Gasteiger partial charge in [0.05, 0.1) is 39.7 Å². The molecule has 0 radical (unpaired) electrons. The van der Waals surface area contributed by atoms with E-state index < -0.39 is 6.17 Å². The first-order valence-electron chi connectivity index (χ1n) is 9.73. The molecule has 4 rings (SSSR count). The summed E-state index contributed by atoms with van der Waals surface area (Å²) >= 11 is 0. The van der Waals surface area contributed by atoms with Crippen LogP contribution in [0.1, 0.15) is 22.1 Å². The summed E-state index contributed by atoms with van der Waals surface area (Å²) in [6.45, 7) is 0. The van der Waals surface area contributed by atoms with Crippen molar-refractivity contribution < 1.29 is 23.7 Å². The molecule has 3 aromatic rings. The van der Waals surface area contributed by atoms with E-state index in [1.165, 1.54) is 0 Å². The molecule has 1 unspecified atom stereocenters. The van der Waals surface area contributed by atoms with Crippen molar-refractivity contribution in [3.63, 3.8) is 0 Å². The number of nitrogens with zero attached hydrogens (tertiary/aromatic N) is 1. The van der Waals surface area contributed by atoms with Gasteiger partial charge in [-0.1, -0.05) is 12.1 Å². The summed E-state index contributed by atoms with van der Waals surface area (Å²) in [5.74, 6) is 2.27. The first kappa shape index (κ1) is 20.4. The van der Waals surface area contributed by atoms with Gasteiger partial charge in [0.1, 0.15) is 29.2 Å².